The number of carbonyl (C=O) groups is 1. The van der Waals surface area contributed by atoms with Gasteiger partial charge in [0.2, 0.25) is 0 Å². The lowest BCUT2D eigenvalue weighted by Gasteiger charge is -2.21. The second kappa shape index (κ2) is 8.67. The lowest BCUT2D eigenvalue weighted by Crippen LogP contribution is -2.23. The highest BCUT2D eigenvalue weighted by Gasteiger charge is 2.28. The molecule has 1 aromatic rings. The Bertz CT molecular complexity index is 425. The predicted molar refractivity (Wildman–Crippen MR) is 82.2 cm³/mol. The molecule has 1 rings (SSSR count). The number of carbonyl (C=O) groups excluding carboxylic acids is 1. The number of hydrogen-bond acceptors (Lipinski definition) is 4. The lowest BCUT2D eigenvalue weighted by molar-refractivity contribution is -0.150. The van der Waals surface area contributed by atoms with Gasteiger partial charge in [-0.1, -0.05) is 31.9 Å². The first-order valence-corrected chi connectivity index (χ1v) is 7.52. The van der Waals surface area contributed by atoms with Gasteiger partial charge in [-0.15, -0.1) is 0 Å². The summed E-state index contributed by atoms with van der Waals surface area (Å²) in [6.07, 6.45) is 1.73. The van der Waals surface area contributed by atoms with Crippen LogP contribution >= 0.6 is 0 Å². The molecule has 0 amide bonds. The molecule has 0 aliphatic rings. The van der Waals surface area contributed by atoms with E-state index in [4.69, 9.17) is 9.47 Å². The number of methoxy groups -OCH3 is 1. The smallest absolute Gasteiger partial charge is 0.311 e. The molecule has 1 aromatic carbocycles. The van der Waals surface area contributed by atoms with Crippen molar-refractivity contribution in [2.24, 2.45) is 5.92 Å². The molecule has 0 aliphatic carbocycles. The molecule has 0 bridgehead atoms. The highest BCUT2D eigenvalue weighted by Crippen LogP contribution is 2.28. The number of rotatable bonds is 8. The van der Waals surface area contributed by atoms with Crippen molar-refractivity contribution in [3.8, 4) is 5.75 Å². The van der Waals surface area contributed by atoms with Crippen LogP contribution in [0.15, 0.2) is 24.3 Å². The maximum Gasteiger partial charge on any atom is 0.311 e. The molecule has 1 N–H and O–H groups in total. The summed E-state index contributed by atoms with van der Waals surface area (Å²) in [6, 6.07) is 7.22. The van der Waals surface area contributed by atoms with E-state index in [9.17, 15) is 9.90 Å². The maximum atomic E-state index is 11.8. The van der Waals surface area contributed by atoms with Crippen molar-refractivity contribution in [2.45, 2.75) is 52.2 Å². The molecule has 0 aliphatic heterocycles. The summed E-state index contributed by atoms with van der Waals surface area (Å²) in [5.74, 6) is -0.130. The van der Waals surface area contributed by atoms with Gasteiger partial charge in [-0.3, -0.25) is 4.79 Å². The van der Waals surface area contributed by atoms with Crippen molar-refractivity contribution in [1.82, 2.24) is 0 Å². The molecule has 21 heavy (non-hydrogen) atoms. The van der Waals surface area contributed by atoms with Crippen molar-refractivity contribution in [2.75, 3.05) is 7.11 Å². The summed E-state index contributed by atoms with van der Waals surface area (Å²) in [4.78, 5) is 11.8. The minimum Gasteiger partial charge on any atom is -0.491 e. The fourth-order valence-electron chi connectivity index (χ4n) is 2.23. The maximum absolute atomic E-state index is 11.8. The lowest BCUT2D eigenvalue weighted by atomic mass is 9.91. The van der Waals surface area contributed by atoms with E-state index in [-0.39, 0.29) is 12.1 Å². The molecule has 0 heterocycles. The van der Waals surface area contributed by atoms with Gasteiger partial charge in [-0.2, -0.15) is 0 Å². The topological polar surface area (TPSA) is 55.8 Å². The molecule has 0 radical (unpaired) electrons. The Morgan fingerprint density at radius 3 is 2.33 bits per heavy atom. The second-order valence-electron chi connectivity index (χ2n) is 5.45. The summed E-state index contributed by atoms with van der Waals surface area (Å²) in [5, 5.41) is 10.4. The van der Waals surface area contributed by atoms with E-state index in [1.54, 1.807) is 12.1 Å². The Hall–Kier alpha value is -1.55. The Kier molecular flexibility index (Phi) is 7.23. The average Bonchev–Trinajstić information content (AvgIpc) is 2.47. The molecule has 0 saturated carbocycles. The zero-order valence-corrected chi connectivity index (χ0v) is 13.3. The van der Waals surface area contributed by atoms with Gasteiger partial charge in [-0.25, -0.2) is 0 Å². The number of unbranched alkanes of at least 4 members (excludes halogenated alkanes) is 1. The van der Waals surface area contributed by atoms with Crippen molar-refractivity contribution in [3.63, 3.8) is 0 Å². The molecular formula is C17H26O4. The summed E-state index contributed by atoms with van der Waals surface area (Å²) in [5.41, 5.74) is 0.706. The quantitative estimate of drug-likeness (QED) is 0.746. The zero-order chi connectivity index (χ0) is 15.8. The largest absolute Gasteiger partial charge is 0.491 e. The SMILES string of the molecule is CCCCC(C(=O)OC)C(O)c1ccc(OC(C)C)cc1. The van der Waals surface area contributed by atoms with Gasteiger partial charge in [0, 0.05) is 0 Å². The van der Waals surface area contributed by atoms with Crippen LogP contribution in [0.25, 0.3) is 0 Å². The minimum atomic E-state index is -0.850. The number of hydrogen-bond donors (Lipinski definition) is 1. The second-order valence-corrected chi connectivity index (χ2v) is 5.45. The number of esters is 1. The molecule has 4 nitrogen and oxygen atoms in total. The fraction of sp³-hybridized carbons (Fsp3) is 0.588. The number of benzene rings is 1. The summed E-state index contributed by atoms with van der Waals surface area (Å²) in [7, 11) is 1.35. The first-order valence-electron chi connectivity index (χ1n) is 7.52. The molecule has 2 atom stereocenters. The van der Waals surface area contributed by atoms with Crippen LogP contribution in [0.5, 0.6) is 5.75 Å². The van der Waals surface area contributed by atoms with Gasteiger partial charge < -0.3 is 14.6 Å². The molecule has 118 valence electrons. The van der Waals surface area contributed by atoms with E-state index in [1.807, 2.05) is 26.0 Å². The Morgan fingerprint density at radius 2 is 1.86 bits per heavy atom. The highest BCUT2D eigenvalue weighted by molar-refractivity contribution is 5.73. The monoisotopic (exact) mass is 294 g/mol. The third-order valence-corrected chi connectivity index (χ3v) is 3.35. The number of ether oxygens (including phenoxy) is 2. The Balaban J connectivity index is 2.82. The molecule has 0 fully saturated rings. The van der Waals surface area contributed by atoms with Crippen LogP contribution in [0, 0.1) is 5.92 Å². The van der Waals surface area contributed by atoms with Gasteiger partial charge in [-0.05, 0) is 38.0 Å². The Labute approximate surface area is 127 Å². The van der Waals surface area contributed by atoms with Crippen molar-refractivity contribution >= 4 is 5.97 Å². The standard InChI is InChI=1S/C17H26O4/c1-5-6-7-15(17(19)20-4)16(18)13-8-10-14(11-9-13)21-12(2)3/h8-12,15-16,18H,5-7H2,1-4H3. The fourth-order valence-corrected chi connectivity index (χ4v) is 2.23. The van der Waals surface area contributed by atoms with E-state index in [2.05, 4.69) is 6.92 Å². The number of aliphatic hydroxyl groups is 1. The third-order valence-electron chi connectivity index (χ3n) is 3.35. The first kappa shape index (κ1) is 17.5. The number of aliphatic hydroxyl groups excluding tert-OH is 1. The highest BCUT2D eigenvalue weighted by atomic mass is 16.5. The average molecular weight is 294 g/mol. The van der Waals surface area contributed by atoms with Gasteiger partial charge >= 0.3 is 5.97 Å². The summed E-state index contributed by atoms with van der Waals surface area (Å²) >= 11 is 0. The van der Waals surface area contributed by atoms with Gasteiger partial charge in [0.25, 0.3) is 0 Å². The Morgan fingerprint density at radius 1 is 1.24 bits per heavy atom. The van der Waals surface area contributed by atoms with Crippen LogP contribution in [0.4, 0.5) is 0 Å². The van der Waals surface area contributed by atoms with Crippen LogP contribution < -0.4 is 4.74 Å². The normalized spacial score (nSPS) is 13.8. The summed E-state index contributed by atoms with van der Waals surface area (Å²) in [6.45, 7) is 5.97. The van der Waals surface area contributed by atoms with E-state index < -0.39 is 12.0 Å². The van der Waals surface area contributed by atoms with Crippen molar-refractivity contribution in [3.05, 3.63) is 29.8 Å². The van der Waals surface area contributed by atoms with Crippen molar-refractivity contribution in [1.29, 1.82) is 0 Å². The molecule has 2 unspecified atom stereocenters. The van der Waals surface area contributed by atoms with E-state index in [0.717, 1.165) is 18.6 Å². The van der Waals surface area contributed by atoms with E-state index in [0.29, 0.717) is 12.0 Å². The summed E-state index contributed by atoms with van der Waals surface area (Å²) < 4.78 is 10.4. The van der Waals surface area contributed by atoms with Gasteiger partial charge in [0.15, 0.2) is 0 Å². The van der Waals surface area contributed by atoms with Gasteiger partial charge in [0.1, 0.15) is 5.75 Å². The third kappa shape index (κ3) is 5.38. The van der Waals surface area contributed by atoms with Crippen LogP contribution in [0.3, 0.4) is 0 Å². The van der Waals surface area contributed by atoms with E-state index in [1.165, 1.54) is 7.11 Å². The molecule has 4 heteroatoms. The molecule has 0 spiro atoms. The predicted octanol–water partition coefficient (Wildman–Crippen LogP) is 3.49. The van der Waals surface area contributed by atoms with Crippen LogP contribution in [-0.4, -0.2) is 24.3 Å². The molecule has 0 saturated heterocycles. The van der Waals surface area contributed by atoms with Crippen LogP contribution in [-0.2, 0) is 9.53 Å². The molecule has 0 aromatic heterocycles. The van der Waals surface area contributed by atoms with Gasteiger partial charge in [0.05, 0.1) is 25.2 Å². The zero-order valence-electron chi connectivity index (χ0n) is 13.3. The van der Waals surface area contributed by atoms with E-state index >= 15 is 0 Å². The van der Waals surface area contributed by atoms with Crippen LogP contribution in [0.2, 0.25) is 0 Å². The van der Waals surface area contributed by atoms with Crippen molar-refractivity contribution < 1.29 is 19.4 Å². The minimum absolute atomic E-state index is 0.105. The first-order chi connectivity index (χ1) is 9.99. The molecular weight excluding hydrogens is 268 g/mol. The van der Waals surface area contributed by atoms with Crippen LogP contribution in [0.1, 0.15) is 51.7 Å².